The molecule has 1 atom stereocenters. The first-order chi connectivity index (χ1) is 11.5. The molecule has 1 saturated heterocycles. The van der Waals surface area contributed by atoms with Gasteiger partial charge in [0.25, 0.3) is 5.91 Å². The summed E-state index contributed by atoms with van der Waals surface area (Å²) in [6, 6.07) is 7.45. The van der Waals surface area contributed by atoms with Crippen molar-refractivity contribution >= 4 is 17.5 Å². The molecule has 0 spiro atoms. The Labute approximate surface area is 143 Å². The van der Waals surface area contributed by atoms with Crippen molar-refractivity contribution in [2.75, 3.05) is 11.9 Å². The molecule has 1 aromatic carbocycles. The molecule has 2 aliphatic rings. The molecule has 1 aliphatic carbocycles. The molecule has 3 N–H and O–H groups in total. The Morgan fingerprint density at radius 1 is 1.12 bits per heavy atom. The lowest BCUT2D eigenvalue weighted by Crippen LogP contribution is -2.48. The van der Waals surface area contributed by atoms with E-state index in [0.29, 0.717) is 17.3 Å². The zero-order chi connectivity index (χ0) is 17.2. The second-order valence-electron chi connectivity index (χ2n) is 7.24. The van der Waals surface area contributed by atoms with E-state index in [2.05, 4.69) is 12.2 Å². The SMILES string of the molecule is CC1CCCCN1C(=O)c1ccc(NC(=O)C2(N)CCCC2)cc1. The van der Waals surface area contributed by atoms with Crippen LogP contribution in [0.3, 0.4) is 0 Å². The van der Waals surface area contributed by atoms with Crippen LogP contribution in [0.15, 0.2) is 24.3 Å². The van der Waals surface area contributed by atoms with Crippen molar-refractivity contribution in [2.45, 2.75) is 63.5 Å². The molecule has 1 aliphatic heterocycles. The maximum absolute atomic E-state index is 12.6. The average Bonchev–Trinajstić information content (AvgIpc) is 3.03. The Kier molecular flexibility index (Phi) is 4.90. The van der Waals surface area contributed by atoms with Gasteiger partial charge in [-0.2, -0.15) is 0 Å². The number of hydrogen-bond donors (Lipinski definition) is 2. The number of amides is 2. The smallest absolute Gasteiger partial charge is 0.254 e. The molecule has 0 bridgehead atoms. The van der Waals surface area contributed by atoms with E-state index in [0.717, 1.165) is 45.1 Å². The van der Waals surface area contributed by atoms with Gasteiger partial charge in [-0.25, -0.2) is 0 Å². The Balaban J connectivity index is 1.64. The first kappa shape index (κ1) is 17.0. The van der Waals surface area contributed by atoms with Gasteiger partial charge >= 0.3 is 0 Å². The van der Waals surface area contributed by atoms with Crippen LogP contribution < -0.4 is 11.1 Å². The number of hydrogen-bond acceptors (Lipinski definition) is 3. The zero-order valence-corrected chi connectivity index (χ0v) is 14.4. The molecule has 0 radical (unpaired) electrons. The number of nitrogens with zero attached hydrogens (tertiary/aromatic N) is 1. The number of nitrogens with one attached hydrogen (secondary N) is 1. The summed E-state index contributed by atoms with van der Waals surface area (Å²) in [4.78, 5) is 26.9. The molecule has 3 rings (SSSR count). The summed E-state index contributed by atoms with van der Waals surface area (Å²) in [5.74, 6) is -0.0464. The van der Waals surface area contributed by atoms with Crippen molar-refractivity contribution in [2.24, 2.45) is 5.73 Å². The molecule has 0 aromatic heterocycles. The summed E-state index contributed by atoms with van der Waals surface area (Å²) in [7, 11) is 0. The summed E-state index contributed by atoms with van der Waals surface area (Å²) in [6.07, 6.45) is 6.82. The average molecular weight is 329 g/mol. The van der Waals surface area contributed by atoms with Crippen LogP contribution in [-0.2, 0) is 4.79 Å². The minimum atomic E-state index is -0.738. The van der Waals surface area contributed by atoms with Gasteiger partial charge in [-0.3, -0.25) is 9.59 Å². The lowest BCUT2D eigenvalue weighted by atomic mass is 9.98. The Hall–Kier alpha value is -1.88. The minimum absolute atomic E-state index is 0.0752. The second-order valence-corrected chi connectivity index (χ2v) is 7.24. The van der Waals surface area contributed by atoms with E-state index in [1.807, 2.05) is 4.90 Å². The van der Waals surface area contributed by atoms with Crippen LogP contribution in [0.5, 0.6) is 0 Å². The largest absolute Gasteiger partial charge is 0.336 e. The van der Waals surface area contributed by atoms with E-state index < -0.39 is 5.54 Å². The van der Waals surface area contributed by atoms with E-state index in [9.17, 15) is 9.59 Å². The highest BCUT2D eigenvalue weighted by Crippen LogP contribution is 2.28. The van der Waals surface area contributed by atoms with Gasteiger partial charge in [-0.15, -0.1) is 0 Å². The minimum Gasteiger partial charge on any atom is -0.336 e. The number of piperidine rings is 1. The quantitative estimate of drug-likeness (QED) is 0.895. The third-order valence-corrected chi connectivity index (χ3v) is 5.40. The highest BCUT2D eigenvalue weighted by molar-refractivity contribution is 5.99. The van der Waals surface area contributed by atoms with Gasteiger partial charge < -0.3 is 16.0 Å². The predicted molar refractivity (Wildman–Crippen MR) is 94.8 cm³/mol. The molecule has 1 aromatic rings. The van der Waals surface area contributed by atoms with Crippen LogP contribution in [0.2, 0.25) is 0 Å². The van der Waals surface area contributed by atoms with Crippen molar-refractivity contribution < 1.29 is 9.59 Å². The second kappa shape index (κ2) is 6.93. The summed E-state index contributed by atoms with van der Waals surface area (Å²) in [6.45, 7) is 2.93. The molecule has 130 valence electrons. The Morgan fingerprint density at radius 2 is 1.79 bits per heavy atom. The van der Waals surface area contributed by atoms with Gasteiger partial charge in [0.2, 0.25) is 5.91 Å². The number of rotatable bonds is 3. The van der Waals surface area contributed by atoms with Crippen LogP contribution in [0.4, 0.5) is 5.69 Å². The third-order valence-electron chi connectivity index (χ3n) is 5.40. The zero-order valence-electron chi connectivity index (χ0n) is 14.4. The molecule has 5 nitrogen and oxygen atoms in total. The van der Waals surface area contributed by atoms with E-state index in [4.69, 9.17) is 5.73 Å². The molecule has 1 heterocycles. The molecule has 2 fully saturated rings. The third kappa shape index (κ3) is 3.46. The van der Waals surface area contributed by atoms with Gasteiger partial charge in [0.05, 0.1) is 5.54 Å². The summed E-state index contributed by atoms with van der Waals surface area (Å²) < 4.78 is 0. The van der Waals surface area contributed by atoms with Crippen molar-refractivity contribution in [1.29, 1.82) is 0 Å². The lowest BCUT2D eigenvalue weighted by Gasteiger charge is -2.33. The fourth-order valence-corrected chi connectivity index (χ4v) is 3.75. The number of benzene rings is 1. The monoisotopic (exact) mass is 329 g/mol. The van der Waals surface area contributed by atoms with Crippen molar-refractivity contribution in [3.63, 3.8) is 0 Å². The molecular formula is C19H27N3O2. The highest BCUT2D eigenvalue weighted by atomic mass is 16.2. The molecule has 24 heavy (non-hydrogen) atoms. The van der Waals surface area contributed by atoms with Gasteiger partial charge in [-0.1, -0.05) is 12.8 Å². The number of nitrogens with two attached hydrogens (primary N) is 1. The van der Waals surface area contributed by atoms with Crippen LogP contribution in [0.25, 0.3) is 0 Å². The number of anilines is 1. The van der Waals surface area contributed by atoms with Gasteiger partial charge in [0, 0.05) is 23.8 Å². The highest BCUT2D eigenvalue weighted by Gasteiger charge is 2.37. The van der Waals surface area contributed by atoms with E-state index in [1.54, 1.807) is 24.3 Å². The van der Waals surface area contributed by atoms with Gasteiger partial charge in [0.15, 0.2) is 0 Å². The van der Waals surface area contributed by atoms with E-state index >= 15 is 0 Å². The topological polar surface area (TPSA) is 75.4 Å². The van der Waals surface area contributed by atoms with Gasteiger partial charge in [-0.05, 0) is 63.3 Å². The van der Waals surface area contributed by atoms with Crippen molar-refractivity contribution in [1.82, 2.24) is 4.90 Å². The standard InChI is InChI=1S/C19H27N3O2/c1-14-6-2-5-13-22(14)17(23)15-7-9-16(10-8-15)21-18(24)19(20)11-3-4-12-19/h7-10,14H,2-6,11-13,20H2,1H3,(H,21,24). The predicted octanol–water partition coefficient (Wildman–Crippen LogP) is 2.91. The van der Waals surface area contributed by atoms with E-state index in [-0.39, 0.29) is 11.8 Å². The van der Waals surface area contributed by atoms with Crippen LogP contribution in [-0.4, -0.2) is 34.8 Å². The summed E-state index contributed by atoms with van der Waals surface area (Å²) >= 11 is 0. The number of carbonyl (C=O) groups is 2. The molecule has 1 saturated carbocycles. The number of likely N-dealkylation sites (tertiary alicyclic amines) is 1. The summed E-state index contributed by atoms with van der Waals surface area (Å²) in [5.41, 5.74) is 6.80. The normalized spacial score (nSPS) is 23.1. The lowest BCUT2D eigenvalue weighted by molar-refractivity contribution is -0.121. The first-order valence-electron chi connectivity index (χ1n) is 9.01. The van der Waals surface area contributed by atoms with Crippen LogP contribution in [0, 0.1) is 0 Å². The molecular weight excluding hydrogens is 302 g/mol. The molecule has 5 heteroatoms. The van der Waals surface area contributed by atoms with E-state index in [1.165, 1.54) is 6.42 Å². The van der Waals surface area contributed by atoms with Gasteiger partial charge in [0.1, 0.15) is 0 Å². The molecule has 2 amide bonds. The Bertz CT molecular complexity index is 606. The van der Waals surface area contributed by atoms with Crippen molar-refractivity contribution in [3.8, 4) is 0 Å². The fraction of sp³-hybridized carbons (Fsp3) is 0.579. The van der Waals surface area contributed by atoms with Crippen molar-refractivity contribution in [3.05, 3.63) is 29.8 Å². The Morgan fingerprint density at radius 3 is 2.42 bits per heavy atom. The first-order valence-corrected chi connectivity index (χ1v) is 9.01. The number of carbonyl (C=O) groups excluding carboxylic acids is 2. The molecule has 1 unspecified atom stereocenters. The maximum atomic E-state index is 12.6. The summed E-state index contributed by atoms with van der Waals surface area (Å²) in [5, 5.41) is 2.89. The van der Waals surface area contributed by atoms with Crippen LogP contribution >= 0.6 is 0 Å². The maximum Gasteiger partial charge on any atom is 0.254 e. The van der Waals surface area contributed by atoms with Crippen LogP contribution in [0.1, 0.15) is 62.2 Å². The fourth-order valence-electron chi connectivity index (χ4n) is 3.75.